The smallest absolute Gasteiger partial charge is 0.273 e. The van der Waals surface area contributed by atoms with Crippen LogP contribution in [0.2, 0.25) is 0 Å². The van der Waals surface area contributed by atoms with Crippen molar-refractivity contribution in [1.29, 1.82) is 0 Å². The molecule has 3 unspecified atom stereocenters. The molecule has 1 aromatic rings. The third-order valence-electron chi connectivity index (χ3n) is 7.09. The maximum absolute atomic E-state index is 13.3. The zero-order chi connectivity index (χ0) is 26.6. The molecule has 3 aliphatic heterocycles. The molecule has 3 fully saturated rings. The average Bonchev–Trinajstić information content (AvgIpc) is 3.43. The summed E-state index contributed by atoms with van der Waals surface area (Å²) in [5.74, 6) is -2.17. The van der Waals surface area contributed by atoms with E-state index in [0.717, 1.165) is 17.8 Å². The van der Waals surface area contributed by atoms with Gasteiger partial charge in [0.05, 0.1) is 41.6 Å². The molecule has 1 aromatic heterocycles. The number of fused-ring (bicyclic) bond motifs is 3. The monoisotopic (exact) mass is 477 g/mol. The molecule has 5 rings (SSSR count). The number of carbonyl (C=O) groups is 2. The summed E-state index contributed by atoms with van der Waals surface area (Å²) in [5, 5.41) is 21.1. The van der Waals surface area contributed by atoms with Crippen molar-refractivity contribution < 1.29 is 18.1 Å². The van der Waals surface area contributed by atoms with Crippen molar-refractivity contribution in [2.75, 3.05) is 31.2 Å². The number of anilines is 2. The molecule has 6 atom stereocenters. The van der Waals surface area contributed by atoms with Gasteiger partial charge in [-0.15, -0.1) is 15.7 Å². The number of amides is 2. The van der Waals surface area contributed by atoms with Crippen molar-refractivity contribution in [2.24, 2.45) is 5.92 Å². The van der Waals surface area contributed by atoms with Gasteiger partial charge in [-0.1, -0.05) is 0 Å². The fraction of sp³-hybridized carbons (Fsp3) is 0.619. The van der Waals surface area contributed by atoms with Crippen molar-refractivity contribution in [3.8, 4) is 0 Å². The van der Waals surface area contributed by atoms with E-state index in [4.69, 9.17) is 4.11 Å². The van der Waals surface area contributed by atoms with Crippen LogP contribution in [0.3, 0.4) is 0 Å². The number of piperidine rings is 1. The largest absolute Gasteiger partial charge is 0.366 e. The van der Waals surface area contributed by atoms with Gasteiger partial charge >= 0.3 is 0 Å². The second kappa shape index (κ2) is 8.64. The fourth-order valence-electron chi connectivity index (χ4n) is 5.11. The number of halogens is 1. The molecular formula is C21H31FN10O2. The van der Waals surface area contributed by atoms with Gasteiger partial charge in [-0.2, -0.15) is 0 Å². The summed E-state index contributed by atoms with van der Waals surface area (Å²) in [6, 6.07) is 1.49. The van der Waals surface area contributed by atoms with Crippen LogP contribution < -0.4 is 32.2 Å². The Morgan fingerprint density at radius 1 is 1.35 bits per heavy atom. The van der Waals surface area contributed by atoms with Gasteiger partial charge in [0, 0.05) is 22.9 Å². The molecule has 2 amide bonds. The van der Waals surface area contributed by atoms with Crippen LogP contribution in [-0.2, 0) is 4.79 Å². The SMILES string of the molecule is [2H]C([2H])([2H])NC(=O)c1nnc(NC(=O)[C@H]2C[C@@H]2F)cc1NC1NCCC2C1N(C)[C@H](C)C1=C(C)NNN12. The number of rotatable bonds is 5. The Kier molecular flexibility index (Phi) is 4.90. The summed E-state index contributed by atoms with van der Waals surface area (Å²) < 4.78 is 35.5. The van der Waals surface area contributed by atoms with E-state index in [1.165, 1.54) is 6.07 Å². The van der Waals surface area contributed by atoms with Crippen LogP contribution in [-0.4, -0.2) is 83.0 Å². The Bertz CT molecular complexity index is 1130. The first-order valence-electron chi connectivity index (χ1n) is 12.8. The number of carbonyl (C=O) groups excluding carboxylic acids is 2. The predicted octanol–water partition coefficient (Wildman–Crippen LogP) is -0.509. The summed E-state index contributed by atoms with van der Waals surface area (Å²) in [7, 11) is 2.03. The predicted molar refractivity (Wildman–Crippen MR) is 123 cm³/mol. The van der Waals surface area contributed by atoms with Crippen LogP contribution in [0.4, 0.5) is 15.9 Å². The minimum Gasteiger partial charge on any atom is -0.366 e. The number of hydrogen-bond acceptors (Lipinski definition) is 10. The van der Waals surface area contributed by atoms with E-state index in [9.17, 15) is 14.0 Å². The number of alkyl halides is 1. The molecule has 0 spiro atoms. The highest BCUT2D eigenvalue weighted by molar-refractivity contribution is 5.99. The van der Waals surface area contributed by atoms with Crippen molar-refractivity contribution in [3.05, 3.63) is 23.2 Å². The highest BCUT2D eigenvalue weighted by atomic mass is 19.1. The lowest BCUT2D eigenvalue weighted by atomic mass is 9.89. The lowest BCUT2D eigenvalue weighted by Gasteiger charge is -2.54. The third-order valence-corrected chi connectivity index (χ3v) is 7.09. The number of aromatic nitrogens is 2. The van der Waals surface area contributed by atoms with Gasteiger partial charge in [-0.05, 0) is 40.3 Å². The molecule has 4 heterocycles. The van der Waals surface area contributed by atoms with Gasteiger partial charge in [0.25, 0.3) is 5.91 Å². The summed E-state index contributed by atoms with van der Waals surface area (Å²) in [5.41, 5.74) is 8.60. The Morgan fingerprint density at radius 3 is 2.88 bits per heavy atom. The molecule has 4 aliphatic rings. The lowest BCUT2D eigenvalue weighted by molar-refractivity contribution is -0.117. The highest BCUT2D eigenvalue weighted by Gasteiger charge is 2.49. The minimum absolute atomic E-state index is 0.0287. The molecule has 1 aliphatic carbocycles. The first-order chi connectivity index (χ1) is 17.4. The number of nitrogens with zero attached hydrogens (tertiary/aromatic N) is 4. The Morgan fingerprint density at radius 2 is 2.15 bits per heavy atom. The zero-order valence-electron chi connectivity index (χ0n) is 22.1. The first-order valence-corrected chi connectivity index (χ1v) is 11.3. The molecular weight excluding hydrogens is 443 g/mol. The second-order valence-corrected chi connectivity index (χ2v) is 9.17. The average molecular weight is 478 g/mol. The van der Waals surface area contributed by atoms with E-state index in [1.54, 1.807) is 0 Å². The molecule has 184 valence electrons. The van der Waals surface area contributed by atoms with Gasteiger partial charge in [0.15, 0.2) is 11.5 Å². The van der Waals surface area contributed by atoms with Gasteiger partial charge in [-0.3, -0.25) is 24.8 Å². The number of hydrogen-bond donors (Lipinski definition) is 6. The summed E-state index contributed by atoms with van der Waals surface area (Å²) in [4.78, 5) is 27.3. The third kappa shape index (κ3) is 3.83. The number of hydrazine groups is 2. The van der Waals surface area contributed by atoms with E-state index < -0.39 is 30.9 Å². The van der Waals surface area contributed by atoms with Gasteiger partial charge in [-0.25, -0.2) is 4.39 Å². The summed E-state index contributed by atoms with van der Waals surface area (Å²) >= 11 is 0. The maximum Gasteiger partial charge on any atom is 0.273 e. The van der Waals surface area contributed by atoms with Crippen LogP contribution in [0.15, 0.2) is 17.5 Å². The first kappa shape index (κ1) is 19.3. The molecule has 1 saturated carbocycles. The van der Waals surface area contributed by atoms with E-state index in [-0.39, 0.29) is 47.9 Å². The van der Waals surface area contributed by atoms with E-state index in [1.807, 2.05) is 19.3 Å². The van der Waals surface area contributed by atoms with Crippen LogP contribution in [0.1, 0.15) is 41.3 Å². The van der Waals surface area contributed by atoms with Crippen LogP contribution in [0.25, 0.3) is 0 Å². The zero-order valence-corrected chi connectivity index (χ0v) is 19.1. The molecule has 0 aromatic carbocycles. The number of likely N-dealkylation sites (N-methyl/N-ethyl adjacent to an activating group) is 1. The van der Waals surface area contributed by atoms with Crippen LogP contribution >= 0.6 is 0 Å². The van der Waals surface area contributed by atoms with Crippen molar-refractivity contribution in [2.45, 2.75) is 57.2 Å². The quantitative estimate of drug-likeness (QED) is 0.329. The molecule has 6 N–H and O–H groups in total. The van der Waals surface area contributed by atoms with Crippen molar-refractivity contribution in [1.82, 2.24) is 41.7 Å². The Balaban J connectivity index is 1.44. The lowest BCUT2D eigenvalue weighted by Crippen LogP contribution is -2.72. The summed E-state index contributed by atoms with van der Waals surface area (Å²) in [6.45, 7) is 2.07. The van der Waals surface area contributed by atoms with Gasteiger partial charge in [0.1, 0.15) is 6.17 Å². The number of piperazine rings is 1. The van der Waals surface area contributed by atoms with Gasteiger partial charge < -0.3 is 21.4 Å². The van der Waals surface area contributed by atoms with E-state index in [0.29, 0.717) is 6.54 Å². The van der Waals surface area contributed by atoms with Crippen molar-refractivity contribution >= 4 is 23.3 Å². The van der Waals surface area contributed by atoms with Gasteiger partial charge in [0.2, 0.25) is 5.91 Å². The maximum atomic E-state index is 13.3. The Hall–Kier alpha value is -3.03. The molecule has 0 radical (unpaired) electrons. The van der Waals surface area contributed by atoms with E-state index in [2.05, 4.69) is 53.9 Å². The van der Waals surface area contributed by atoms with Crippen LogP contribution in [0.5, 0.6) is 0 Å². The molecule has 34 heavy (non-hydrogen) atoms. The molecule has 12 nitrogen and oxygen atoms in total. The normalized spacial score (nSPS) is 34.1. The number of allylic oxidation sites excluding steroid dienone is 1. The summed E-state index contributed by atoms with van der Waals surface area (Å²) in [6.07, 6.45) is -0.558. The van der Waals surface area contributed by atoms with Crippen molar-refractivity contribution in [3.63, 3.8) is 0 Å². The second-order valence-electron chi connectivity index (χ2n) is 9.17. The number of nitrogens with one attached hydrogen (secondary N) is 6. The molecule has 2 saturated heterocycles. The Labute approximate surface area is 201 Å². The topological polar surface area (TPSA) is 139 Å². The molecule has 13 heteroatoms. The van der Waals surface area contributed by atoms with Crippen LogP contribution in [0, 0.1) is 5.92 Å². The van der Waals surface area contributed by atoms with E-state index >= 15 is 0 Å². The minimum atomic E-state index is -2.73. The standard InChI is InChI=1S/C21H31FN10O2/c1-9-17-10(2)31(4)18-14(32(17)30-27-9)5-6-24-19(18)25-13-8-15(26-20(33)11-7-12(11)22)28-29-16(13)21(34)23-3/h8,10-12,14,18-19,24,27,30H,5-7H2,1-4H3,(H,23,34)(H2,25,26,28,33)/t10-,11+,12+,14?,18?,19?/m1/s1/i3D3. The highest BCUT2D eigenvalue weighted by Crippen LogP contribution is 2.36. The molecule has 0 bridgehead atoms. The fourth-order valence-corrected chi connectivity index (χ4v) is 5.11.